The molecule has 5 N–H and O–H groups in total. The van der Waals surface area contributed by atoms with Crippen molar-refractivity contribution in [2.75, 3.05) is 6.54 Å². The first-order valence-corrected chi connectivity index (χ1v) is 5.81. The van der Waals surface area contributed by atoms with Crippen LogP contribution >= 0.6 is 7.75 Å². The van der Waals surface area contributed by atoms with Crippen LogP contribution in [0.15, 0.2) is 12.7 Å². The Morgan fingerprint density at radius 2 is 2.00 bits per heavy atom. The summed E-state index contributed by atoms with van der Waals surface area (Å²) >= 11 is 0. The SMILES string of the molecule is C=CCNC(=O)[C@H](CC(=O)O)NP(=O)(O)O. The Morgan fingerprint density at radius 3 is 2.38 bits per heavy atom. The van der Waals surface area contributed by atoms with Gasteiger partial charge in [-0.1, -0.05) is 6.08 Å². The third-order valence-corrected chi connectivity index (χ3v) is 2.09. The number of hydrogen-bond acceptors (Lipinski definition) is 3. The molecule has 0 radical (unpaired) electrons. The summed E-state index contributed by atoms with van der Waals surface area (Å²) in [6.45, 7) is 3.40. The number of aliphatic carboxylic acids is 1. The van der Waals surface area contributed by atoms with Crippen LogP contribution in [0.3, 0.4) is 0 Å². The fourth-order valence-corrected chi connectivity index (χ4v) is 1.49. The number of amides is 1. The van der Waals surface area contributed by atoms with Crippen LogP contribution in [0.4, 0.5) is 0 Å². The average Bonchev–Trinajstić information content (AvgIpc) is 2.10. The van der Waals surface area contributed by atoms with Crippen LogP contribution in [-0.4, -0.2) is 39.4 Å². The van der Waals surface area contributed by atoms with Crippen molar-refractivity contribution in [2.24, 2.45) is 0 Å². The van der Waals surface area contributed by atoms with Gasteiger partial charge in [0.05, 0.1) is 6.42 Å². The number of carbonyl (C=O) groups excluding carboxylic acids is 1. The zero-order chi connectivity index (χ0) is 12.8. The maximum Gasteiger partial charge on any atom is 0.401 e. The lowest BCUT2D eigenvalue weighted by Crippen LogP contribution is -2.44. The van der Waals surface area contributed by atoms with Crippen molar-refractivity contribution in [1.82, 2.24) is 10.4 Å². The molecule has 9 heteroatoms. The zero-order valence-electron chi connectivity index (χ0n) is 8.29. The van der Waals surface area contributed by atoms with Gasteiger partial charge in [-0.15, -0.1) is 6.58 Å². The molecule has 0 bridgehead atoms. The molecule has 0 aliphatic heterocycles. The summed E-state index contributed by atoms with van der Waals surface area (Å²) in [6.07, 6.45) is 0.626. The van der Waals surface area contributed by atoms with Crippen LogP contribution in [0, 0.1) is 0 Å². The molecule has 92 valence electrons. The van der Waals surface area contributed by atoms with Crippen molar-refractivity contribution in [3.8, 4) is 0 Å². The molecule has 1 atom stereocenters. The van der Waals surface area contributed by atoms with Crippen LogP contribution in [0.25, 0.3) is 0 Å². The molecule has 0 saturated heterocycles. The number of nitrogens with one attached hydrogen (secondary N) is 2. The van der Waals surface area contributed by atoms with Gasteiger partial charge < -0.3 is 20.2 Å². The van der Waals surface area contributed by atoms with E-state index in [-0.39, 0.29) is 6.54 Å². The Balaban J connectivity index is 4.53. The van der Waals surface area contributed by atoms with Crippen LogP contribution in [-0.2, 0) is 14.2 Å². The summed E-state index contributed by atoms with van der Waals surface area (Å²) in [5.41, 5.74) is 0. The van der Waals surface area contributed by atoms with Crippen molar-refractivity contribution >= 4 is 19.6 Å². The summed E-state index contributed by atoms with van der Waals surface area (Å²) in [5, 5.41) is 12.3. The smallest absolute Gasteiger partial charge is 0.401 e. The molecule has 16 heavy (non-hydrogen) atoms. The molecule has 1 amide bonds. The lowest BCUT2D eigenvalue weighted by Gasteiger charge is -2.16. The highest BCUT2D eigenvalue weighted by molar-refractivity contribution is 7.49. The molecule has 0 aromatic heterocycles. The van der Waals surface area contributed by atoms with E-state index in [1.54, 1.807) is 5.09 Å². The Morgan fingerprint density at radius 1 is 1.44 bits per heavy atom. The van der Waals surface area contributed by atoms with Gasteiger partial charge in [0.25, 0.3) is 0 Å². The highest BCUT2D eigenvalue weighted by atomic mass is 31.2. The normalized spacial score (nSPS) is 12.9. The topological polar surface area (TPSA) is 136 Å². The van der Waals surface area contributed by atoms with E-state index in [1.807, 2.05) is 0 Å². The average molecular weight is 252 g/mol. The maximum atomic E-state index is 11.3. The zero-order valence-corrected chi connectivity index (χ0v) is 9.18. The van der Waals surface area contributed by atoms with Gasteiger partial charge in [-0.2, -0.15) is 0 Å². The molecule has 0 rings (SSSR count). The molecular formula is C7H13N2O6P. The number of rotatable bonds is 7. The summed E-state index contributed by atoms with van der Waals surface area (Å²) < 4.78 is 10.6. The van der Waals surface area contributed by atoms with E-state index in [0.717, 1.165) is 0 Å². The fourth-order valence-electron chi connectivity index (χ4n) is 0.871. The minimum absolute atomic E-state index is 0.0811. The highest BCUT2D eigenvalue weighted by Gasteiger charge is 2.27. The first-order valence-electron chi connectivity index (χ1n) is 4.20. The van der Waals surface area contributed by atoms with Gasteiger partial charge in [-0.05, 0) is 0 Å². The molecule has 0 unspecified atom stereocenters. The fraction of sp³-hybridized carbons (Fsp3) is 0.429. The second-order valence-corrected chi connectivity index (χ2v) is 4.20. The van der Waals surface area contributed by atoms with Gasteiger partial charge in [0.1, 0.15) is 6.04 Å². The summed E-state index contributed by atoms with van der Waals surface area (Å²) in [5.74, 6) is -2.16. The van der Waals surface area contributed by atoms with E-state index < -0.39 is 32.1 Å². The molecule has 0 fully saturated rings. The summed E-state index contributed by atoms with van der Waals surface area (Å²) in [7, 11) is -4.66. The lowest BCUT2D eigenvalue weighted by molar-refractivity contribution is -0.139. The van der Waals surface area contributed by atoms with Gasteiger partial charge in [0.15, 0.2) is 0 Å². The Kier molecular flexibility index (Phi) is 5.91. The Hall–Kier alpha value is -1.21. The van der Waals surface area contributed by atoms with E-state index in [2.05, 4.69) is 11.9 Å². The Labute approximate surface area is 91.6 Å². The van der Waals surface area contributed by atoms with E-state index in [0.29, 0.717) is 0 Å². The second kappa shape index (κ2) is 6.39. The predicted molar refractivity (Wildman–Crippen MR) is 54.4 cm³/mol. The van der Waals surface area contributed by atoms with Crippen molar-refractivity contribution in [3.05, 3.63) is 12.7 Å². The van der Waals surface area contributed by atoms with Crippen LogP contribution in [0.1, 0.15) is 6.42 Å². The first kappa shape index (κ1) is 14.8. The van der Waals surface area contributed by atoms with Crippen molar-refractivity contribution < 1.29 is 29.0 Å². The largest absolute Gasteiger partial charge is 0.481 e. The van der Waals surface area contributed by atoms with Crippen LogP contribution in [0.5, 0.6) is 0 Å². The van der Waals surface area contributed by atoms with Crippen molar-refractivity contribution in [2.45, 2.75) is 12.5 Å². The standard InChI is InChI=1S/C7H13N2O6P/c1-2-3-8-7(12)5(4-6(10)11)9-16(13,14)15/h2,5H,1,3-4H2,(H,8,12)(H,10,11)(H3,9,13,14,15)/t5-/m0/s1. The van der Waals surface area contributed by atoms with Crippen LogP contribution < -0.4 is 10.4 Å². The number of carboxylic acids is 1. The Bertz CT molecular complexity index is 325. The van der Waals surface area contributed by atoms with E-state index in [9.17, 15) is 14.2 Å². The van der Waals surface area contributed by atoms with Gasteiger partial charge in [-0.25, -0.2) is 9.65 Å². The molecule has 0 aliphatic rings. The maximum absolute atomic E-state index is 11.3. The van der Waals surface area contributed by atoms with E-state index in [4.69, 9.17) is 14.9 Å². The van der Waals surface area contributed by atoms with Crippen LogP contribution in [0.2, 0.25) is 0 Å². The van der Waals surface area contributed by atoms with E-state index >= 15 is 0 Å². The van der Waals surface area contributed by atoms with Gasteiger partial charge in [0.2, 0.25) is 5.91 Å². The highest BCUT2D eigenvalue weighted by Crippen LogP contribution is 2.29. The molecular weight excluding hydrogens is 239 g/mol. The van der Waals surface area contributed by atoms with Gasteiger partial charge >= 0.3 is 13.7 Å². The van der Waals surface area contributed by atoms with E-state index in [1.165, 1.54) is 6.08 Å². The van der Waals surface area contributed by atoms with Crippen molar-refractivity contribution in [1.29, 1.82) is 0 Å². The molecule has 0 heterocycles. The molecule has 0 saturated carbocycles. The monoisotopic (exact) mass is 252 g/mol. The molecule has 0 aliphatic carbocycles. The summed E-state index contributed by atoms with van der Waals surface area (Å²) in [6, 6.07) is -1.49. The molecule has 0 aromatic rings. The predicted octanol–water partition coefficient (Wildman–Crippen LogP) is -1.19. The van der Waals surface area contributed by atoms with Gasteiger partial charge in [0, 0.05) is 6.54 Å². The van der Waals surface area contributed by atoms with Crippen molar-refractivity contribution in [3.63, 3.8) is 0 Å². The summed E-state index contributed by atoms with van der Waals surface area (Å²) in [4.78, 5) is 38.8. The second-order valence-electron chi connectivity index (χ2n) is 2.86. The third kappa shape index (κ3) is 7.13. The quantitative estimate of drug-likeness (QED) is 0.284. The number of carbonyl (C=O) groups is 2. The molecule has 8 nitrogen and oxygen atoms in total. The van der Waals surface area contributed by atoms with Gasteiger partial charge in [-0.3, -0.25) is 9.59 Å². The minimum Gasteiger partial charge on any atom is -0.481 e. The first-order chi connectivity index (χ1) is 7.26. The number of hydrogen-bond donors (Lipinski definition) is 5. The lowest BCUT2D eigenvalue weighted by atomic mass is 10.2. The molecule has 0 aromatic carbocycles. The minimum atomic E-state index is -4.66. The molecule has 0 spiro atoms. The number of carboxylic acid groups (broad SMARTS) is 1. The third-order valence-electron chi connectivity index (χ3n) is 1.44.